The Bertz CT molecular complexity index is 653. The molecule has 0 aliphatic heterocycles. The van der Waals surface area contributed by atoms with Gasteiger partial charge in [0.05, 0.1) is 17.5 Å². The largest absolute Gasteiger partial charge is 0.383 e. The number of ether oxygens (including phenoxy) is 1. The van der Waals surface area contributed by atoms with E-state index in [1.807, 2.05) is 32.9 Å². The van der Waals surface area contributed by atoms with Crippen molar-refractivity contribution >= 4 is 17.7 Å². The van der Waals surface area contributed by atoms with E-state index in [1.165, 1.54) is 11.8 Å². The number of nitrogens with zero attached hydrogens (tertiary/aromatic N) is 4. The van der Waals surface area contributed by atoms with Gasteiger partial charge in [-0.25, -0.2) is 0 Å². The van der Waals surface area contributed by atoms with Crippen molar-refractivity contribution < 1.29 is 9.53 Å². The van der Waals surface area contributed by atoms with Crippen LogP contribution in [0.3, 0.4) is 0 Å². The Labute approximate surface area is 139 Å². The summed E-state index contributed by atoms with van der Waals surface area (Å²) < 4.78 is 6.58. The van der Waals surface area contributed by atoms with E-state index in [0.29, 0.717) is 18.3 Å². The minimum absolute atomic E-state index is 0.0676. The molecule has 1 atom stereocenters. The summed E-state index contributed by atoms with van der Waals surface area (Å²) in [6, 6.07) is 6.11. The summed E-state index contributed by atoms with van der Waals surface area (Å²) in [4.78, 5) is 12.0. The zero-order valence-corrected chi connectivity index (χ0v) is 14.6. The van der Waals surface area contributed by atoms with Crippen LogP contribution in [-0.4, -0.2) is 51.6 Å². The van der Waals surface area contributed by atoms with Crippen molar-refractivity contribution in [3.63, 3.8) is 0 Å². The van der Waals surface area contributed by atoms with Crippen molar-refractivity contribution in [2.45, 2.75) is 31.2 Å². The number of methoxy groups -OCH3 is 1. The summed E-state index contributed by atoms with van der Waals surface area (Å²) in [7, 11) is 1.60. The number of thioether (sulfide) groups is 1. The van der Waals surface area contributed by atoms with Gasteiger partial charge in [0.1, 0.15) is 0 Å². The fourth-order valence-corrected chi connectivity index (χ4v) is 2.95. The smallest absolute Gasteiger partial charge is 0.233 e. The number of aryl methyl sites for hydroxylation is 2. The summed E-state index contributed by atoms with van der Waals surface area (Å²) in [5, 5.41) is 14.9. The van der Waals surface area contributed by atoms with E-state index in [4.69, 9.17) is 4.74 Å². The van der Waals surface area contributed by atoms with Gasteiger partial charge in [-0.1, -0.05) is 17.8 Å². The van der Waals surface area contributed by atoms with Crippen LogP contribution in [0.15, 0.2) is 23.4 Å². The second-order valence-electron chi connectivity index (χ2n) is 5.26. The monoisotopic (exact) mass is 335 g/mol. The zero-order chi connectivity index (χ0) is 16.8. The van der Waals surface area contributed by atoms with Crippen LogP contribution < -0.4 is 5.32 Å². The number of carbonyl (C=O) groups excluding carboxylic acids is 1. The standard InChI is InChI=1S/C15H21N5O2S/c1-10-7-11(2)9-13(8-10)20-15(17-18-19-20)23-12(3)14(21)16-5-6-22-4/h7-9,12H,5-6H2,1-4H3,(H,16,21)/t12-/m0/s1. The van der Waals surface area contributed by atoms with Crippen LogP contribution >= 0.6 is 11.8 Å². The first-order valence-corrected chi connectivity index (χ1v) is 8.19. The predicted molar refractivity (Wildman–Crippen MR) is 88.8 cm³/mol. The Hall–Kier alpha value is -1.93. The molecule has 1 heterocycles. The highest BCUT2D eigenvalue weighted by Gasteiger charge is 2.19. The van der Waals surface area contributed by atoms with Crippen LogP contribution in [-0.2, 0) is 9.53 Å². The zero-order valence-electron chi connectivity index (χ0n) is 13.7. The van der Waals surface area contributed by atoms with Gasteiger partial charge < -0.3 is 10.1 Å². The van der Waals surface area contributed by atoms with Crippen LogP contribution in [0.4, 0.5) is 0 Å². The van der Waals surface area contributed by atoms with E-state index < -0.39 is 0 Å². The van der Waals surface area contributed by atoms with Gasteiger partial charge in [0, 0.05) is 13.7 Å². The molecule has 23 heavy (non-hydrogen) atoms. The average molecular weight is 335 g/mol. The lowest BCUT2D eigenvalue weighted by Crippen LogP contribution is -2.33. The molecule has 1 aromatic carbocycles. The Morgan fingerprint density at radius 1 is 1.35 bits per heavy atom. The van der Waals surface area contributed by atoms with E-state index in [-0.39, 0.29) is 11.2 Å². The van der Waals surface area contributed by atoms with E-state index in [9.17, 15) is 4.79 Å². The maximum absolute atomic E-state index is 12.0. The number of aromatic nitrogens is 4. The molecule has 0 spiro atoms. The molecule has 2 aromatic rings. The number of nitrogens with one attached hydrogen (secondary N) is 1. The van der Waals surface area contributed by atoms with Gasteiger partial charge in [-0.3, -0.25) is 4.79 Å². The number of rotatable bonds is 7. The van der Waals surface area contributed by atoms with Crippen LogP contribution in [0.25, 0.3) is 5.69 Å². The third-order valence-corrected chi connectivity index (χ3v) is 4.18. The number of carbonyl (C=O) groups is 1. The maximum Gasteiger partial charge on any atom is 0.233 e. The normalized spacial score (nSPS) is 12.2. The Morgan fingerprint density at radius 3 is 2.70 bits per heavy atom. The second-order valence-corrected chi connectivity index (χ2v) is 6.57. The van der Waals surface area contributed by atoms with Gasteiger partial charge in [-0.05, 0) is 54.5 Å². The Morgan fingerprint density at radius 2 is 2.04 bits per heavy atom. The molecule has 2 rings (SSSR count). The summed E-state index contributed by atoms with van der Waals surface area (Å²) in [6.07, 6.45) is 0. The van der Waals surface area contributed by atoms with Gasteiger partial charge in [-0.2, -0.15) is 4.68 Å². The molecule has 0 bridgehead atoms. The predicted octanol–water partition coefficient (Wildman–Crippen LogP) is 1.52. The molecule has 7 nitrogen and oxygen atoms in total. The molecule has 0 unspecified atom stereocenters. The Balaban J connectivity index is 2.10. The van der Waals surface area contributed by atoms with Crippen LogP contribution in [0.1, 0.15) is 18.1 Å². The van der Waals surface area contributed by atoms with Gasteiger partial charge in [0.2, 0.25) is 11.1 Å². The molecule has 1 N–H and O–H groups in total. The third kappa shape index (κ3) is 4.77. The summed E-state index contributed by atoms with van der Waals surface area (Å²) in [5.74, 6) is -0.0676. The fourth-order valence-electron chi connectivity index (χ4n) is 2.12. The van der Waals surface area contributed by atoms with Crippen molar-refractivity contribution in [3.8, 4) is 5.69 Å². The lowest BCUT2D eigenvalue weighted by atomic mass is 10.1. The molecular weight excluding hydrogens is 314 g/mol. The molecule has 124 valence electrons. The summed E-state index contributed by atoms with van der Waals surface area (Å²) >= 11 is 1.32. The van der Waals surface area contributed by atoms with Crippen molar-refractivity contribution in [2.24, 2.45) is 0 Å². The highest BCUT2D eigenvalue weighted by Crippen LogP contribution is 2.23. The van der Waals surface area contributed by atoms with Crippen LogP contribution in [0.2, 0.25) is 0 Å². The van der Waals surface area contributed by atoms with Gasteiger partial charge in [0.15, 0.2) is 0 Å². The molecule has 0 fully saturated rings. The second kappa shape index (κ2) is 8.07. The first-order valence-electron chi connectivity index (χ1n) is 7.31. The van der Waals surface area contributed by atoms with Crippen molar-refractivity contribution in [3.05, 3.63) is 29.3 Å². The van der Waals surface area contributed by atoms with E-state index in [0.717, 1.165) is 16.8 Å². The topological polar surface area (TPSA) is 81.9 Å². The molecule has 0 aliphatic rings. The van der Waals surface area contributed by atoms with Crippen molar-refractivity contribution in [1.82, 2.24) is 25.5 Å². The van der Waals surface area contributed by atoms with E-state index >= 15 is 0 Å². The summed E-state index contributed by atoms with van der Waals surface area (Å²) in [6.45, 7) is 6.86. The molecular formula is C15H21N5O2S. The first kappa shape index (κ1) is 17.4. The molecule has 1 amide bonds. The Kier molecular flexibility index (Phi) is 6.12. The minimum atomic E-state index is -0.303. The molecule has 0 radical (unpaired) electrons. The van der Waals surface area contributed by atoms with Gasteiger partial charge >= 0.3 is 0 Å². The van der Waals surface area contributed by atoms with Crippen molar-refractivity contribution in [2.75, 3.05) is 20.3 Å². The van der Waals surface area contributed by atoms with Gasteiger partial charge in [-0.15, -0.1) is 5.10 Å². The minimum Gasteiger partial charge on any atom is -0.383 e. The fraction of sp³-hybridized carbons (Fsp3) is 0.467. The van der Waals surface area contributed by atoms with Crippen molar-refractivity contribution in [1.29, 1.82) is 0 Å². The van der Waals surface area contributed by atoms with Crippen LogP contribution in [0, 0.1) is 13.8 Å². The molecule has 0 saturated heterocycles. The first-order chi connectivity index (χ1) is 11.0. The SMILES string of the molecule is COCCNC(=O)[C@H](C)Sc1nnnn1-c1cc(C)cc(C)c1. The van der Waals surface area contributed by atoms with Crippen LogP contribution in [0.5, 0.6) is 0 Å². The van der Waals surface area contributed by atoms with E-state index in [2.05, 4.69) is 26.9 Å². The number of tetrazole rings is 1. The van der Waals surface area contributed by atoms with E-state index in [1.54, 1.807) is 11.8 Å². The number of hydrogen-bond acceptors (Lipinski definition) is 6. The highest BCUT2D eigenvalue weighted by atomic mass is 32.2. The molecule has 8 heteroatoms. The number of hydrogen-bond donors (Lipinski definition) is 1. The molecule has 1 aromatic heterocycles. The maximum atomic E-state index is 12.0. The number of amides is 1. The highest BCUT2D eigenvalue weighted by molar-refractivity contribution is 8.00. The molecule has 0 saturated carbocycles. The average Bonchev–Trinajstić information content (AvgIpc) is 2.94. The quantitative estimate of drug-likeness (QED) is 0.610. The van der Waals surface area contributed by atoms with Gasteiger partial charge in [0.25, 0.3) is 0 Å². The molecule has 0 aliphatic carbocycles. The summed E-state index contributed by atoms with van der Waals surface area (Å²) in [5.41, 5.74) is 3.16. The lowest BCUT2D eigenvalue weighted by molar-refractivity contribution is -0.120. The number of benzene rings is 1. The third-order valence-electron chi connectivity index (χ3n) is 3.15. The lowest BCUT2D eigenvalue weighted by Gasteiger charge is -2.12.